The SMILES string of the molecule is c1ccc(-c2nc(-c3ccccc3)nc(-c3ccc(-n4c5ccccc5c5c6occc6ccc54)cc3)n2)cc1. The Morgan fingerprint density at radius 3 is 1.70 bits per heavy atom. The van der Waals surface area contributed by atoms with Crippen LogP contribution in [0.4, 0.5) is 0 Å². The maximum Gasteiger partial charge on any atom is 0.164 e. The summed E-state index contributed by atoms with van der Waals surface area (Å²) in [7, 11) is 0. The highest BCUT2D eigenvalue weighted by Crippen LogP contribution is 2.37. The number of hydrogen-bond donors (Lipinski definition) is 0. The summed E-state index contributed by atoms with van der Waals surface area (Å²) in [6, 6.07) is 43.3. The Morgan fingerprint density at radius 2 is 1.05 bits per heavy atom. The maximum atomic E-state index is 5.92. The molecule has 8 rings (SSSR count). The number of furan rings is 1. The normalized spacial score (nSPS) is 11.5. The van der Waals surface area contributed by atoms with Crippen LogP contribution >= 0.6 is 0 Å². The molecule has 5 nitrogen and oxygen atoms in total. The van der Waals surface area contributed by atoms with Crippen molar-refractivity contribution >= 4 is 32.8 Å². The van der Waals surface area contributed by atoms with Gasteiger partial charge in [0, 0.05) is 33.2 Å². The molecule has 3 heterocycles. The fourth-order valence-electron chi connectivity index (χ4n) is 5.45. The van der Waals surface area contributed by atoms with Gasteiger partial charge in [0.15, 0.2) is 17.5 Å². The Bertz CT molecular complexity index is 2090. The summed E-state index contributed by atoms with van der Waals surface area (Å²) in [6.45, 7) is 0. The summed E-state index contributed by atoms with van der Waals surface area (Å²) in [4.78, 5) is 14.6. The van der Waals surface area contributed by atoms with Gasteiger partial charge in [-0.2, -0.15) is 0 Å². The molecule has 0 amide bonds. The van der Waals surface area contributed by atoms with Crippen molar-refractivity contribution in [3.63, 3.8) is 0 Å². The molecule has 40 heavy (non-hydrogen) atoms. The number of nitrogens with zero attached hydrogens (tertiary/aromatic N) is 4. The summed E-state index contributed by atoms with van der Waals surface area (Å²) in [5.41, 5.74) is 7.04. The monoisotopic (exact) mass is 514 g/mol. The van der Waals surface area contributed by atoms with Gasteiger partial charge in [-0.05, 0) is 48.5 Å². The van der Waals surface area contributed by atoms with E-state index in [2.05, 4.69) is 65.2 Å². The van der Waals surface area contributed by atoms with Gasteiger partial charge in [0.1, 0.15) is 5.58 Å². The summed E-state index contributed by atoms with van der Waals surface area (Å²) < 4.78 is 8.21. The van der Waals surface area contributed by atoms with Crippen LogP contribution in [-0.4, -0.2) is 19.5 Å². The Morgan fingerprint density at radius 1 is 0.475 bits per heavy atom. The van der Waals surface area contributed by atoms with Crippen LogP contribution in [0.3, 0.4) is 0 Å². The van der Waals surface area contributed by atoms with E-state index in [-0.39, 0.29) is 0 Å². The van der Waals surface area contributed by atoms with Gasteiger partial charge in [-0.3, -0.25) is 0 Å². The first-order valence-electron chi connectivity index (χ1n) is 13.2. The first-order chi connectivity index (χ1) is 19.8. The zero-order chi connectivity index (χ0) is 26.5. The highest BCUT2D eigenvalue weighted by molar-refractivity contribution is 6.19. The van der Waals surface area contributed by atoms with E-state index in [4.69, 9.17) is 19.4 Å². The van der Waals surface area contributed by atoms with E-state index in [9.17, 15) is 0 Å². The van der Waals surface area contributed by atoms with E-state index in [1.807, 2.05) is 66.7 Å². The zero-order valence-electron chi connectivity index (χ0n) is 21.4. The van der Waals surface area contributed by atoms with Crippen LogP contribution in [0.15, 0.2) is 138 Å². The number of para-hydroxylation sites is 1. The fraction of sp³-hybridized carbons (Fsp3) is 0. The summed E-state index contributed by atoms with van der Waals surface area (Å²) in [6.07, 6.45) is 1.76. The molecule has 0 unspecified atom stereocenters. The molecule has 8 aromatic rings. The zero-order valence-corrected chi connectivity index (χ0v) is 21.4. The molecule has 3 aromatic heterocycles. The minimum atomic E-state index is 0.638. The number of aromatic nitrogens is 4. The van der Waals surface area contributed by atoms with Crippen LogP contribution in [0.2, 0.25) is 0 Å². The van der Waals surface area contributed by atoms with Gasteiger partial charge in [0.2, 0.25) is 0 Å². The van der Waals surface area contributed by atoms with Crippen LogP contribution in [0.5, 0.6) is 0 Å². The van der Waals surface area contributed by atoms with Crippen molar-refractivity contribution in [2.75, 3.05) is 0 Å². The molecular formula is C35H22N4O. The molecule has 5 heteroatoms. The Balaban J connectivity index is 1.28. The van der Waals surface area contributed by atoms with Gasteiger partial charge in [-0.1, -0.05) is 78.9 Å². The quantitative estimate of drug-likeness (QED) is 0.236. The number of hydrogen-bond acceptors (Lipinski definition) is 4. The number of benzene rings is 5. The summed E-state index contributed by atoms with van der Waals surface area (Å²) in [5, 5.41) is 3.39. The van der Waals surface area contributed by atoms with Gasteiger partial charge >= 0.3 is 0 Å². The smallest absolute Gasteiger partial charge is 0.164 e. The lowest BCUT2D eigenvalue weighted by Crippen LogP contribution is -2.00. The van der Waals surface area contributed by atoms with Crippen molar-refractivity contribution < 1.29 is 4.42 Å². The van der Waals surface area contributed by atoms with Gasteiger partial charge in [-0.25, -0.2) is 15.0 Å². The molecule has 0 saturated carbocycles. The van der Waals surface area contributed by atoms with E-state index in [1.165, 1.54) is 5.39 Å². The molecule has 0 aliphatic rings. The average molecular weight is 515 g/mol. The van der Waals surface area contributed by atoms with E-state index in [0.717, 1.165) is 49.8 Å². The van der Waals surface area contributed by atoms with Gasteiger partial charge in [-0.15, -0.1) is 0 Å². The Hall–Kier alpha value is -5.55. The second kappa shape index (κ2) is 9.03. The van der Waals surface area contributed by atoms with Crippen LogP contribution in [-0.2, 0) is 0 Å². The predicted molar refractivity (Wildman–Crippen MR) is 160 cm³/mol. The molecule has 0 saturated heterocycles. The molecule has 0 bridgehead atoms. The Labute approximate surface area is 230 Å². The third-order valence-electron chi connectivity index (χ3n) is 7.34. The topological polar surface area (TPSA) is 56.7 Å². The van der Waals surface area contributed by atoms with Crippen LogP contribution in [0.1, 0.15) is 0 Å². The largest absolute Gasteiger partial charge is 0.464 e. The third kappa shape index (κ3) is 3.60. The summed E-state index contributed by atoms with van der Waals surface area (Å²) >= 11 is 0. The maximum absolute atomic E-state index is 5.92. The minimum Gasteiger partial charge on any atom is -0.464 e. The van der Waals surface area contributed by atoms with E-state index >= 15 is 0 Å². The van der Waals surface area contributed by atoms with E-state index in [1.54, 1.807) is 6.26 Å². The highest BCUT2D eigenvalue weighted by Gasteiger charge is 2.17. The van der Waals surface area contributed by atoms with Crippen molar-refractivity contribution in [3.8, 4) is 39.9 Å². The average Bonchev–Trinajstić information content (AvgIpc) is 3.64. The van der Waals surface area contributed by atoms with Crippen LogP contribution in [0.25, 0.3) is 72.6 Å². The van der Waals surface area contributed by atoms with Crippen molar-refractivity contribution in [2.24, 2.45) is 0 Å². The first kappa shape index (κ1) is 22.4. The van der Waals surface area contributed by atoms with Crippen molar-refractivity contribution in [3.05, 3.63) is 134 Å². The third-order valence-corrected chi connectivity index (χ3v) is 7.34. The predicted octanol–water partition coefficient (Wildman–Crippen LogP) is 8.72. The van der Waals surface area contributed by atoms with Gasteiger partial charge in [0.25, 0.3) is 0 Å². The second-order valence-corrected chi connectivity index (χ2v) is 9.74. The van der Waals surface area contributed by atoms with Crippen molar-refractivity contribution in [1.29, 1.82) is 0 Å². The fourth-order valence-corrected chi connectivity index (χ4v) is 5.45. The molecule has 0 fully saturated rings. The highest BCUT2D eigenvalue weighted by atomic mass is 16.3. The molecule has 188 valence electrons. The van der Waals surface area contributed by atoms with Crippen molar-refractivity contribution in [1.82, 2.24) is 19.5 Å². The minimum absolute atomic E-state index is 0.638. The van der Waals surface area contributed by atoms with Gasteiger partial charge in [0.05, 0.1) is 22.7 Å². The lowest BCUT2D eigenvalue weighted by Gasteiger charge is -2.10. The molecule has 0 aliphatic heterocycles. The van der Waals surface area contributed by atoms with Gasteiger partial charge < -0.3 is 8.98 Å². The standard InChI is InChI=1S/C35H22N4O/c1-3-9-24(10-4-1)33-36-34(25-11-5-2-6-12-25)38-35(37-33)26-15-18-27(19-16-26)39-29-14-8-7-13-28(29)31-30(39)20-17-23-21-22-40-32(23)31/h1-22H. The molecular weight excluding hydrogens is 492 g/mol. The molecule has 0 N–H and O–H groups in total. The lowest BCUT2D eigenvalue weighted by molar-refractivity contribution is 0.619. The number of fused-ring (bicyclic) bond motifs is 5. The van der Waals surface area contributed by atoms with E-state index < -0.39 is 0 Å². The van der Waals surface area contributed by atoms with Crippen molar-refractivity contribution in [2.45, 2.75) is 0 Å². The summed E-state index contributed by atoms with van der Waals surface area (Å²) in [5.74, 6) is 1.94. The molecule has 0 atom stereocenters. The molecule has 0 radical (unpaired) electrons. The first-order valence-corrected chi connectivity index (χ1v) is 13.2. The van der Waals surface area contributed by atoms with Crippen LogP contribution < -0.4 is 0 Å². The number of rotatable bonds is 4. The van der Waals surface area contributed by atoms with Crippen LogP contribution in [0, 0.1) is 0 Å². The molecule has 0 aliphatic carbocycles. The second-order valence-electron chi connectivity index (χ2n) is 9.74. The molecule has 0 spiro atoms. The van der Waals surface area contributed by atoms with E-state index in [0.29, 0.717) is 17.5 Å². The Kier molecular flexibility index (Phi) is 5.07. The lowest BCUT2D eigenvalue weighted by atomic mass is 10.1. The molecule has 5 aromatic carbocycles.